The third-order valence-electron chi connectivity index (χ3n) is 5.52. The van der Waals surface area contributed by atoms with Crippen LogP contribution in [0, 0.1) is 0 Å². The van der Waals surface area contributed by atoms with E-state index in [4.69, 9.17) is 7.85 Å². The summed E-state index contributed by atoms with van der Waals surface area (Å²) in [7, 11) is 6.01. The molecule has 0 saturated carbocycles. The minimum absolute atomic E-state index is 0.130. The molecule has 1 N–H and O–H groups in total. The molecule has 1 unspecified atom stereocenters. The van der Waals surface area contributed by atoms with Gasteiger partial charge in [0.15, 0.2) is 5.78 Å². The Kier molecular flexibility index (Phi) is 3.49. The van der Waals surface area contributed by atoms with Gasteiger partial charge in [-0.05, 0) is 40.8 Å². The van der Waals surface area contributed by atoms with Crippen LogP contribution < -0.4 is 10.8 Å². The van der Waals surface area contributed by atoms with Crippen LogP contribution in [0.5, 0.6) is 0 Å². The van der Waals surface area contributed by atoms with Gasteiger partial charge in [-0.1, -0.05) is 60.1 Å². The van der Waals surface area contributed by atoms with Crippen LogP contribution in [0.2, 0.25) is 0 Å². The molecule has 3 heteroatoms. The zero-order chi connectivity index (χ0) is 17.7. The average molecular weight is 335 g/mol. The zero-order valence-electron chi connectivity index (χ0n) is 14.5. The molecule has 0 bridgehead atoms. The number of Topliss-reactive ketones (excluding diaryl/α,β-unsaturated/α-hetero) is 1. The number of benzene rings is 3. The molecule has 2 nitrogen and oxygen atoms in total. The van der Waals surface area contributed by atoms with E-state index in [9.17, 15) is 4.79 Å². The molecule has 0 amide bonds. The molecule has 124 valence electrons. The minimum atomic E-state index is -0.130. The van der Waals surface area contributed by atoms with Gasteiger partial charge in [-0.25, -0.2) is 0 Å². The lowest BCUT2D eigenvalue weighted by Crippen LogP contribution is -2.27. The summed E-state index contributed by atoms with van der Waals surface area (Å²) in [5.74, 6) is 0.254. The Balaban J connectivity index is 1.79. The molecule has 0 aromatic heterocycles. The van der Waals surface area contributed by atoms with E-state index >= 15 is 0 Å². The largest absolute Gasteiger partial charge is 0.373 e. The predicted molar refractivity (Wildman–Crippen MR) is 108 cm³/mol. The highest BCUT2D eigenvalue weighted by Crippen LogP contribution is 2.47. The number of nitrogens with one attached hydrogen (secondary N) is 1. The highest BCUT2D eigenvalue weighted by molar-refractivity contribution is 6.32. The summed E-state index contributed by atoms with van der Waals surface area (Å²) >= 11 is 0. The van der Waals surface area contributed by atoms with Gasteiger partial charge < -0.3 is 5.32 Å². The third-order valence-corrected chi connectivity index (χ3v) is 5.52. The van der Waals surface area contributed by atoms with Crippen molar-refractivity contribution in [2.24, 2.45) is 0 Å². The van der Waals surface area contributed by atoms with Gasteiger partial charge in [-0.15, -0.1) is 0 Å². The SMILES string of the molecule is [B]c1cccc(C2Nc3ccc4ccccc4c3C3=C2C(=O)CCC3)c1. The van der Waals surface area contributed by atoms with E-state index in [0.717, 1.165) is 35.1 Å². The van der Waals surface area contributed by atoms with Gasteiger partial charge in [0.25, 0.3) is 0 Å². The molecular weight excluding hydrogens is 317 g/mol. The van der Waals surface area contributed by atoms with Gasteiger partial charge in [-0.2, -0.15) is 0 Å². The summed E-state index contributed by atoms with van der Waals surface area (Å²) in [6.07, 6.45) is 2.49. The number of ketones is 1. The van der Waals surface area contributed by atoms with Gasteiger partial charge in [-0.3, -0.25) is 4.79 Å². The first kappa shape index (κ1) is 15.4. The van der Waals surface area contributed by atoms with E-state index in [1.54, 1.807) is 0 Å². The first-order valence-electron chi connectivity index (χ1n) is 9.13. The number of fused-ring (bicyclic) bond motifs is 4. The Bertz CT molecular complexity index is 1080. The normalized spacial score (nSPS) is 19.1. The zero-order valence-corrected chi connectivity index (χ0v) is 14.5. The topological polar surface area (TPSA) is 29.1 Å². The van der Waals surface area contributed by atoms with Crippen molar-refractivity contribution in [2.45, 2.75) is 25.3 Å². The average Bonchev–Trinajstić information content (AvgIpc) is 2.67. The van der Waals surface area contributed by atoms with Crippen LogP contribution >= 0.6 is 0 Å². The Hall–Kier alpha value is -2.81. The minimum Gasteiger partial charge on any atom is -0.373 e. The van der Waals surface area contributed by atoms with E-state index in [0.29, 0.717) is 6.42 Å². The molecule has 1 aliphatic heterocycles. The molecule has 5 rings (SSSR count). The van der Waals surface area contributed by atoms with Gasteiger partial charge in [0.2, 0.25) is 0 Å². The van der Waals surface area contributed by atoms with Gasteiger partial charge in [0.05, 0.1) is 6.04 Å². The molecule has 26 heavy (non-hydrogen) atoms. The Morgan fingerprint density at radius 1 is 0.962 bits per heavy atom. The van der Waals surface area contributed by atoms with Gasteiger partial charge in [0, 0.05) is 23.2 Å². The quantitative estimate of drug-likeness (QED) is 0.672. The van der Waals surface area contributed by atoms with Crippen molar-refractivity contribution < 1.29 is 4.79 Å². The Morgan fingerprint density at radius 2 is 1.85 bits per heavy atom. The number of hydrogen-bond donors (Lipinski definition) is 1. The molecule has 2 aliphatic rings. The van der Waals surface area contributed by atoms with Crippen LogP contribution in [0.3, 0.4) is 0 Å². The fourth-order valence-corrected chi connectivity index (χ4v) is 4.39. The van der Waals surface area contributed by atoms with E-state index in [2.05, 4.69) is 41.7 Å². The van der Waals surface area contributed by atoms with Crippen molar-refractivity contribution in [1.29, 1.82) is 0 Å². The van der Waals surface area contributed by atoms with Crippen LogP contribution in [0.4, 0.5) is 5.69 Å². The monoisotopic (exact) mass is 335 g/mol. The molecule has 1 atom stereocenters. The van der Waals surface area contributed by atoms with E-state index < -0.39 is 0 Å². The maximum absolute atomic E-state index is 12.9. The van der Waals surface area contributed by atoms with Crippen molar-refractivity contribution in [3.05, 3.63) is 77.4 Å². The molecule has 3 aromatic carbocycles. The maximum Gasteiger partial charge on any atom is 0.161 e. The summed E-state index contributed by atoms with van der Waals surface area (Å²) < 4.78 is 0. The first-order chi connectivity index (χ1) is 12.7. The highest BCUT2D eigenvalue weighted by Gasteiger charge is 2.34. The number of carbonyl (C=O) groups is 1. The molecule has 1 heterocycles. The molecular formula is C23H18BNO. The predicted octanol–water partition coefficient (Wildman–Crippen LogP) is 4.31. The number of carbonyl (C=O) groups excluding carboxylic acids is 1. The fourth-order valence-electron chi connectivity index (χ4n) is 4.39. The van der Waals surface area contributed by atoms with E-state index in [1.807, 2.05) is 24.3 Å². The lowest BCUT2D eigenvalue weighted by Gasteiger charge is -2.35. The lowest BCUT2D eigenvalue weighted by molar-refractivity contribution is -0.116. The second kappa shape index (κ2) is 5.88. The number of hydrogen-bond acceptors (Lipinski definition) is 2. The molecule has 2 radical (unpaired) electrons. The second-order valence-corrected chi connectivity index (χ2v) is 7.13. The molecule has 0 saturated heterocycles. The molecule has 1 aliphatic carbocycles. The lowest BCUT2D eigenvalue weighted by atomic mass is 9.76. The maximum atomic E-state index is 12.9. The van der Waals surface area contributed by atoms with E-state index in [1.165, 1.54) is 21.9 Å². The number of rotatable bonds is 1. The smallest absolute Gasteiger partial charge is 0.161 e. The number of anilines is 1. The van der Waals surface area contributed by atoms with Crippen LogP contribution in [-0.2, 0) is 4.79 Å². The van der Waals surface area contributed by atoms with Crippen molar-refractivity contribution in [3.63, 3.8) is 0 Å². The van der Waals surface area contributed by atoms with Crippen molar-refractivity contribution in [3.8, 4) is 0 Å². The van der Waals surface area contributed by atoms with Crippen LogP contribution in [0.1, 0.15) is 36.4 Å². The van der Waals surface area contributed by atoms with Crippen molar-refractivity contribution in [2.75, 3.05) is 5.32 Å². The standard InChI is InChI=1S/C23H18BNO/c24-16-7-3-6-15(13-16)23-22-18(9-4-10-20(22)26)21-17-8-2-1-5-14(17)11-12-19(21)25-23/h1-3,5-8,11-13,23,25H,4,9-10H2. The number of allylic oxidation sites excluding steroid dienone is 1. The van der Waals surface area contributed by atoms with Crippen LogP contribution in [-0.4, -0.2) is 13.6 Å². The second-order valence-electron chi connectivity index (χ2n) is 7.13. The summed E-state index contributed by atoms with van der Waals surface area (Å²) in [4.78, 5) is 12.9. The fraction of sp³-hybridized carbons (Fsp3) is 0.174. The molecule has 0 fully saturated rings. The summed E-state index contributed by atoms with van der Waals surface area (Å²) in [5, 5.41) is 6.05. The summed E-state index contributed by atoms with van der Waals surface area (Å²) in [5.41, 5.74) is 6.20. The van der Waals surface area contributed by atoms with Crippen molar-refractivity contribution in [1.82, 2.24) is 0 Å². The summed E-state index contributed by atoms with van der Waals surface area (Å²) in [6.45, 7) is 0. The molecule has 0 spiro atoms. The van der Waals surface area contributed by atoms with Gasteiger partial charge in [0.1, 0.15) is 7.85 Å². The Morgan fingerprint density at radius 3 is 2.73 bits per heavy atom. The van der Waals surface area contributed by atoms with Crippen LogP contribution in [0.25, 0.3) is 16.3 Å². The van der Waals surface area contributed by atoms with Crippen LogP contribution in [0.15, 0.2) is 66.2 Å². The molecule has 3 aromatic rings. The first-order valence-corrected chi connectivity index (χ1v) is 9.13. The van der Waals surface area contributed by atoms with E-state index in [-0.39, 0.29) is 11.8 Å². The highest BCUT2D eigenvalue weighted by atomic mass is 16.1. The Labute approximate surface area is 154 Å². The third kappa shape index (κ3) is 2.31. The van der Waals surface area contributed by atoms with Gasteiger partial charge >= 0.3 is 0 Å². The summed E-state index contributed by atoms with van der Waals surface area (Å²) in [6, 6.07) is 20.4. The van der Waals surface area contributed by atoms with Crippen molar-refractivity contribution >= 4 is 41.1 Å².